The van der Waals surface area contributed by atoms with Crippen molar-refractivity contribution >= 4 is 17.6 Å². The average Bonchev–Trinajstić information content (AvgIpc) is 2.56. The van der Waals surface area contributed by atoms with E-state index in [1.165, 1.54) is 0 Å². The number of phenols is 1. The zero-order chi connectivity index (χ0) is 16.5. The Bertz CT molecular complexity index is 641. The Balaban J connectivity index is 1.89. The van der Waals surface area contributed by atoms with Crippen LogP contribution in [0.5, 0.6) is 5.75 Å². The van der Waals surface area contributed by atoms with Gasteiger partial charge < -0.3 is 15.7 Å². The van der Waals surface area contributed by atoms with Crippen molar-refractivity contribution < 1.29 is 5.11 Å². The molecule has 0 saturated carbocycles. The van der Waals surface area contributed by atoms with Gasteiger partial charge >= 0.3 is 0 Å². The van der Waals surface area contributed by atoms with Gasteiger partial charge in [0, 0.05) is 18.1 Å². The lowest BCUT2D eigenvalue weighted by Crippen LogP contribution is -2.38. The smallest absolute Gasteiger partial charge is 0.191 e. The van der Waals surface area contributed by atoms with Crippen LogP contribution in [0.25, 0.3) is 0 Å². The van der Waals surface area contributed by atoms with Gasteiger partial charge in [0.25, 0.3) is 0 Å². The lowest BCUT2D eigenvalue weighted by Gasteiger charge is -2.12. The molecule has 2 aromatic rings. The number of aromatic hydroxyl groups is 1. The average molecular weight is 332 g/mol. The SMILES string of the molecule is CCNC(=NCc1ccc(O)cc1)NCCc1ccccc1Cl. The third-order valence-corrected chi connectivity index (χ3v) is 3.71. The predicted molar refractivity (Wildman–Crippen MR) is 96.1 cm³/mol. The Morgan fingerprint density at radius 1 is 1.09 bits per heavy atom. The number of hydrogen-bond acceptors (Lipinski definition) is 2. The van der Waals surface area contributed by atoms with Crippen LogP contribution >= 0.6 is 11.6 Å². The fraction of sp³-hybridized carbons (Fsp3) is 0.278. The lowest BCUT2D eigenvalue weighted by atomic mass is 10.1. The van der Waals surface area contributed by atoms with Crippen LogP contribution in [0.15, 0.2) is 53.5 Å². The van der Waals surface area contributed by atoms with Gasteiger partial charge in [-0.05, 0) is 42.7 Å². The molecule has 0 aliphatic heterocycles. The van der Waals surface area contributed by atoms with E-state index in [1.54, 1.807) is 12.1 Å². The molecule has 0 fully saturated rings. The van der Waals surface area contributed by atoms with Crippen molar-refractivity contribution in [3.8, 4) is 5.75 Å². The molecule has 0 bridgehead atoms. The second-order valence-corrected chi connectivity index (χ2v) is 5.54. The highest BCUT2D eigenvalue weighted by atomic mass is 35.5. The molecule has 5 heteroatoms. The minimum atomic E-state index is 0.266. The van der Waals surface area contributed by atoms with Gasteiger partial charge in [0.05, 0.1) is 6.54 Å². The van der Waals surface area contributed by atoms with Crippen molar-refractivity contribution in [3.05, 3.63) is 64.7 Å². The molecule has 0 aliphatic rings. The highest BCUT2D eigenvalue weighted by Crippen LogP contribution is 2.14. The first kappa shape index (κ1) is 17.2. The van der Waals surface area contributed by atoms with Crippen LogP contribution in [0, 0.1) is 0 Å². The predicted octanol–water partition coefficient (Wildman–Crippen LogP) is 3.34. The molecule has 0 radical (unpaired) electrons. The number of phenolic OH excluding ortho intramolecular Hbond substituents is 1. The van der Waals surface area contributed by atoms with Crippen LogP contribution in [0.1, 0.15) is 18.1 Å². The van der Waals surface area contributed by atoms with E-state index in [1.807, 2.05) is 43.3 Å². The molecule has 0 aromatic heterocycles. The van der Waals surface area contributed by atoms with Crippen LogP contribution < -0.4 is 10.6 Å². The van der Waals surface area contributed by atoms with Gasteiger partial charge in [-0.3, -0.25) is 0 Å². The number of benzene rings is 2. The zero-order valence-electron chi connectivity index (χ0n) is 13.2. The van der Waals surface area contributed by atoms with E-state index in [2.05, 4.69) is 15.6 Å². The Kier molecular flexibility index (Phi) is 6.76. The summed E-state index contributed by atoms with van der Waals surface area (Å²) >= 11 is 6.16. The molecule has 0 unspecified atom stereocenters. The van der Waals surface area contributed by atoms with Crippen molar-refractivity contribution in [2.75, 3.05) is 13.1 Å². The molecule has 0 aliphatic carbocycles. The molecule has 0 spiro atoms. The Hall–Kier alpha value is -2.20. The number of halogens is 1. The molecule has 4 nitrogen and oxygen atoms in total. The van der Waals surface area contributed by atoms with E-state index in [9.17, 15) is 5.11 Å². The maximum absolute atomic E-state index is 9.29. The molecule has 3 N–H and O–H groups in total. The van der Waals surface area contributed by atoms with Crippen LogP contribution in [0.4, 0.5) is 0 Å². The summed E-state index contributed by atoms with van der Waals surface area (Å²) in [5.41, 5.74) is 2.17. The van der Waals surface area contributed by atoms with E-state index in [4.69, 9.17) is 11.6 Å². The summed E-state index contributed by atoms with van der Waals surface area (Å²) in [6.45, 7) is 4.15. The lowest BCUT2D eigenvalue weighted by molar-refractivity contribution is 0.475. The molecular weight excluding hydrogens is 310 g/mol. The van der Waals surface area contributed by atoms with Gasteiger partial charge in [-0.1, -0.05) is 41.9 Å². The summed E-state index contributed by atoms with van der Waals surface area (Å²) in [6, 6.07) is 14.9. The Morgan fingerprint density at radius 3 is 2.52 bits per heavy atom. The quantitative estimate of drug-likeness (QED) is 0.562. The largest absolute Gasteiger partial charge is 0.508 e. The van der Waals surface area contributed by atoms with Crippen molar-refractivity contribution in [2.45, 2.75) is 19.9 Å². The number of hydrogen-bond donors (Lipinski definition) is 3. The number of nitrogens with one attached hydrogen (secondary N) is 2. The maximum Gasteiger partial charge on any atom is 0.191 e. The maximum atomic E-state index is 9.29. The Morgan fingerprint density at radius 2 is 1.83 bits per heavy atom. The van der Waals surface area contributed by atoms with Gasteiger partial charge in [0.15, 0.2) is 5.96 Å². The number of aliphatic imine (C=N–C) groups is 1. The van der Waals surface area contributed by atoms with Gasteiger partial charge in [-0.25, -0.2) is 4.99 Å². The van der Waals surface area contributed by atoms with Crippen molar-refractivity contribution in [1.29, 1.82) is 0 Å². The van der Waals surface area contributed by atoms with E-state index in [-0.39, 0.29) is 5.75 Å². The normalized spacial score (nSPS) is 11.3. The van der Waals surface area contributed by atoms with Crippen LogP contribution in [-0.4, -0.2) is 24.2 Å². The molecule has 23 heavy (non-hydrogen) atoms. The first-order chi connectivity index (χ1) is 11.2. The number of rotatable bonds is 6. The molecule has 122 valence electrons. The molecule has 0 atom stereocenters. The zero-order valence-corrected chi connectivity index (χ0v) is 14.0. The van der Waals surface area contributed by atoms with Crippen LogP contribution in [0.3, 0.4) is 0 Å². The molecule has 2 rings (SSSR count). The molecule has 0 saturated heterocycles. The van der Waals surface area contributed by atoms with Gasteiger partial charge in [-0.15, -0.1) is 0 Å². The minimum Gasteiger partial charge on any atom is -0.508 e. The Labute approximate surface area is 142 Å². The van der Waals surface area contributed by atoms with Gasteiger partial charge in [0.2, 0.25) is 0 Å². The number of guanidine groups is 1. The highest BCUT2D eigenvalue weighted by molar-refractivity contribution is 6.31. The van der Waals surface area contributed by atoms with Gasteiger partial charge in [0.1, 0.15) is 5.75 Å². The summed E-state index contributed by atoms with van der Waals surface area (Å²) in [5.74, 6) is 1.04. The summed E-state index contributed by atoms with van der Waals surface area (Å²) in [7, 11) is 0. The van der Waals surface area contributed by atoms with E-state index >= 15 is 0 Å². The van der Waals surface area contributed by atoms with Crippen molar-refractivity contribution in [3.63, 3.8) is 0 Å². The minimum absolute atomic E-state index is 0.266. The number of nitrogens with zero attached hydrogens (tertiary/aromatic N) is 1. The fourth-order valence-corrected chi connectivity index (χ4v) is 2.36. The second-order valence-electron chi connectivity index (χ2n) is 5.13. The van der Waals surface area contributed by atoms with Crippen LogP contribution in [0.2, 0.25) is 5.02 Å². The van der Waals surface area contributed by atoms with Crippen molar-refractivity contribution in [1.82, 2.24) is 10.6 Å². The third-order valence-electron chi connectivity index (χ3n) is 3.34. The van der Waals surface area contributed by atoms with E-state index < -0.39 is 0 Å². The molecular formula is C18H22ClN3O. The van der Waals surface area contributed by atoms with E-state index in [0.29, 0.717) is 6.54 Å². The summed E-state index contributed by atoms with van der Waals surface area (Å²) in [4.78, 5) is 4.55. The fourth-order valence-electron chi connectivity index (χ4n) is 2.13. The highest BCUT2D eigenvalue weighted by Gasteiger charge is 2.01. The topological polar surface area (TPSA) is 56.7 Å². The summed E-state index contributed by atoms with van der Waals surface area (Å²) in [5, 5.41) is 16.6. The summed E-state index contributed by atoms with van der Waals surface area (Å²) < 4.78 is 0. The second kappa shape index (κ2) is 9.06. The standard InChI is InChI=1S/C18H22ClN3O/c1-2-20-18(22-13-14-7-9-16(23)10-8-14)21-12-11-15-5-3-4-6-17(15)19/h3-10,23H,2,11-13H2,1H3,(H2,20,21,22). The van der Waals surface area contributed by atoms with Crippen LogP contribution in [-0.2, 0) is 13.0 Å². The molecule has 0 amide bonds. The first-order valence-corrected chi connectivity index (χ1v) is 8.10. The summed E-state index contributed by atoms with van der Waals surface area (Å²) in [6.07, 6.45) is 0.837. The molecule has 2 aromatic carbocycles. The third kappa shape index (κ3) is 5.83. The monoisotopic (exact) mass is 331 g/mol. The first-order valence-electron chi connectivity index (χ1n) is 7.72. The molecule has 0 heterocycles. The van der Waals surface area contributed by atoms with Crippen molar-refractivity contribution in [2.24, 2.45) is 4.99 Å². The van der Waals surface area contributed by atoms with E-state index in [0.717, 1.165) is 41.6 Å². The van der Waals surface area contributed by atoms with Gasteiger partial charge in [-0.2, -0.15) is 0 Å².